The van der Waals surface area contributed by atoms with Gasteiger partial charge in [-0.25, -0.2) is 14.4 Å². The molecule has 3 rings (SSSR count). The van der Waals surface area contributed by atoms with Gasteiger partial charge < -0.3 is 18.9 Å². The van der Waals surface area contributed by atoms with Crippen molar-refractivity contribution in [2.45, 2.75) is 0 Å². The van der Waals surface area contributed by atoms with E-state index in [0.29, 0.717) is 0 Å². The molecule has 0 saturated heterocycles. The van der Waals surface area contributed by atoms with E-state index in [9.17, 15) is 14.4 Å². The average molecular weight is 406 g/mol. The minimum absolute atomic E-state index is 0.0547. The second-order valence-corrected chi connectivity index (χ2v) is 5.96. The van der Waals surface area contributed by atoms with Gasteiger partial charge in [0.1, 0.15) is 33.9 Å². The molecule has 152 valence electrons. The van der Waals surface area contributed by atoms with Gasteiger partial charge in [-0.05, 0) is 36.4 Å². The molecule has 7 heteroatoms. The van der Waals surface area contributed by atoms with Crippen molar-refractivity contribution in [2.75, 3.05) is 14.2 Å². The molecular formula is C23H18O7. The minimum atomic E-state index is -0.738. The van der Waals surface area contributed by atoms with Crippen LogP contribution in [-0.2, 0) is 9.47 Å². The predicted octanol–water partition coefficient (Wildman–Crippen LogP) is 4.27. The van der Waals surface area contributed by atoms with Crippen LogP contribution < -0.4 is 9.47 Å². The number of hydrogen-bond acceptors (Lipinski definition) is 7. The summed E-state index contributed by atoms with van der Waals surface area (Å²) in [5, 5.41) is 0. The summed E-state index contributed by atoms with van der Waals surface area (Å²) in [6, 6.07) is 19.1. The van der Waals surface area contributed by atoms with E-state index in [4.69, 9.17) is 18.9 Å². The van der Waals surface area contributed by atoms with Crippen molar-refractivity contribution in [1.82, 2.24) is 0 Å². The normalized spacial score (nSPS) is 10.1. The van der Waals surface area contributed by atoms with Gasteiger partial charge >= 0.3 is 17.9 Å². The third-order valence-electron chi connectivity index (χ3n) is 4.11. The Bertz CT molecular complexity index is 1090. The van der Waals surface area contributed by atoms with Crippen molar-refractivity contribution in [3.63, 3.8) is 0 Å². The molecule has 0 N–H and O–H groups in total. The lowest BCUT2D eigenvalue weighted by Crippen LogP contribution is -2.13. The van der Waals surface area contributed by atoms with E-state index >= 15 is 0 Å². The average Bonchev–Trinajstić information content (AvgIpc) is 2.79. The number of esters is 3. The number of methoxy groups -OCH3 is 2. The fraction of sp³-hybridized carbons (Fsp3) is 0.0870. The molecule has 3 aromatic carbocycles. The van der Waals surface area contributed by atoms with Crippen LogP contribution in [0, 0.1) is 0 Å². The number of carbonyl (C=O) groups is 3. The van der Waals surface area contributed by atoms with Crippen LogP contribution in [0.4, 0.5) is 0 Å². The van der Waals surface area contributed by atoms with Gasteiger partial charge in [-0.1, -0.05) is 36.4 Å². The first-order valence-corrected chi connectivity index (χ1v) is 8.89. The van der Waals surface area contributed by atoms with E-state index in [1.54, 1.807) is 54.6 Å². The van der Waals surface area contributed by atoms with Crippen LogP contribution in [0.1, 0.15) is 31.1 Å². The fourth-order valence-corrected chi connectivity index (χ4v) is 2.67. The van der Waals surface area contributed by atoms with Crippen molar-refractivity contribution < 1.29 is 33.3 Å². The fourth-order valence-electron chi connectivity index (χ4n) is 2.67. The van der Waals surface area contributed by atoms with Crippen LogP contribution in [0.15, 0.2) is 72.8 Å². The molecule has 3 aromatic rings. The molecule has 0 fully saturated rings. The molecule has 0 amide bonds. The molecule has 0 aromatic heterocycles. The van der Waals surface area contributed by atoms with Crippen LogP contribution in [0.3, 0.4) is 0 Å². The molecule has 0 aliphatic rings. The topological polar surface area (TPSA) is 88.1 Å². The first-order chi connectivity index (χ1) is 14.5. The molecule has 0 radical (unpaired) electrons. The number of ether oxygens (including phenoxy) is 4. The summed E-state index contributed by atoms with van der Waals surface area (Å²) in [4.78, 5) is 36.7. The van der Waals surface area contributed by atoms with Crippen molar-refractivity contribution in [3.8, 4) is 17.2 Å². The predicted molar refractivity (Wildman–Crippen MR) is 107 cm³/mol. The van der Waals surface area contributed by atoms with E-state index in [0.717, 1.165) is 0 Å². The molecule has 0 bridgehead atoms. The molecule has 0 atom stereocenters. The molecule has 0 unspecified atom stereocenters. The zero-order valence-electron chi connectivity index (χ0n) is 16.3. The van der Waals surface area contributed by atoms with Gasteiger partial charge in [0.25, 0.3) is 0 Å². The van der Waals surface area contributed by atoms with E-state index in [2.05, 4.69) is 0 Å². The first kappa shape index (κ1) is 20.6. The maximum absolute atomic E-state index is 12.8. The third kappa shape index (κ3) is 4.47. The summed E-state index contributed by atoms with van der Waals surface area (Å²) < 4.78 is 20.7. The number of hydrogen-bond donors (Lipinski definition) is 0. The molecule has 30 heavy (non-hydrogen) atoms. The largest absolute Gasteiger partial charge is 0.465 e. The van der Waals surface area contributed by atoms with Crippen molar-refractivity contribution >= 4 is 17.9 Å². The molecule has 0 aliphatic carbocycles. The SMILES string of the molecule is COC(=O)c1ccccc1OC(=O)c1ccccc1Oc1ccccc1C(=O)OC. The highest BCUT2D eigenvalue weighted by molar-refractivity contribution is 5.98. The van der Waals surface area contributed by atoms with Gasteiger partial charge in [-0.2, -0.15) is 0 Å². The highest BCUT2D eigenvalue weighted by Crippen LogP contribution is 2.30. The lowest BCUT2D eigenvalue weighted by atomic mass is 10.1. The summed E-state index contributed by atoms with van der Waals surface area (Å²) in [7, 11) is 2.51. The number of rotatable bonds is 6. The van der Waals surface area contributed by atoms with Gasteiger partial charge in [0, 0.05) is 0 Å². The number of para-hydroxylation sites is 3. The van der Waals surface area contributed by atoms with E-state index < -0.39 is 17.9 Å². The van der Waals surface area contributed by atoms with E-state index in [1.807, 2.05) is 0 Å². The van der Waals surface area contributed by atoms with E-state index in [1.165, 1.54) is 32.4 Å². The van der Waals surface area contributed by atoms with Crippen molar-refractivity contribution in [3.05, 3.63) is 89.5 Å². The summed E-state index contributed by atoms with van der Waals surface area (Å²) in [5.41, 5.74) is 0.429. The lowest BCUT2D eigenvalue weighted by Gasteiger charge is -2.13. The third-order valence-corrected chi connectivity index (χ3v) is 4.11. The zero-order valence-corrected chi connectivity index (χ0v) is 16.3. The summed E-state index contributed by atoms with van der Waals surface area (Å²) in [6.45, 7) is 0. The van der Waals surface area contributed by atoms with Gasteiger partial charge in [0.15, 0.2) is 0 Å². The molecule has 0 saturated carbocycles. The van der Waals surface area contributed by atoms with Crippen LogP contribution >= 0.6 is 0 Å². The first-order valence-electron chi connectivity index (χ1n) is 8.89. The summed E-state index contributed by atoms with van der Waals surface area (Å²) >= 11 is 0. The Morgan fingerprint density at radius 1 is 0.533 bits per heavy atom. The quantitative estimate of drug-likeness (QED) is 0.446. The standard InChI is InChI=1S/C23H18O7/c1-27-21(24)15-9-3-6-12-18(15)29-19-13-7-5-11-17(19)23(26)30-20-14-8-4-10-16(20)22(25)28-2/h3-14H,1-2H3. The van der Waals surface area contributed by atoms with Crippen LogP contribution in [0.2, 0.25) is 0 Å². The Kier molecular flexibility index (Phi) is 6.44. The second kappa shape index (κ2) is 9.38. The minimum Gasteiger partial charge on any atom is -0.465 e. The van der Waals surface area contributed by atoms with Gasteiger partial charge in [0.2, 0.25) is 0 Å². The monoisotopic (exact) mass is 406 g/mol. The molecule has 7 nitrogen and oxygen atoms in total. The molecule has 0 heterocycles. The van der Waals surface area contributed by atoms with Gasteiger partial charge in [-0.15, -0.1) is 0 Å². The Balaban J connectivity index is 1.91. The van der Waals surface area contributed by atoms with Gasteiger partial charge in [0.05, 0.1) is 14.2 Å². The Morgan fingerprint density at radius 3 is 1.37 bits per heavy atom. The van der Waals surface area contributed by atoms with E-state index in [-0.39, 0.29) is 33.9 Å². The maximum atomic E-state index is 12.8. The summed E-state index contributed by atoms with van der Waals surface area (Å²) in [5.74, 6) is -1.49. The Morgan fingerprint density at radius 2 is 0.900 bits per heavy atom. The Hall–Kier alpha value is -4.13. The second-order valence-electron chi connectivity index (χ2n) is 5.96. The smallest absolute Gasteiger partial charge is 0.347 e. The van der Waals surface area contributed by atoms with Crippen molar-refractivity contribution in [2.24, 2.45) is 0 Å². The van der Waals surface area contributed by atoms with Gasteiger partial charge in [-0.3, -0.25) is 0 Å². The highest BCUT2D eigenvalue weighted by Gasteiger charge is 2.21. The van der Waals surface area contributed by atoms with Crippen LogP contribution in [0.5, 0.6) is 17.2 Å². The highest BCUT2D eigenvalue weighted by atomic mass is 16.5. The zero-order chi connectivity index (χ0) is 21.5. The molecule has 0 aliphatic heterocycles. The molecule has 0 spiro atoms. The maximum Gasteiger partial charge on any atom is 0.347 e. The lowest BCUT2D eigenvalue weighted by molar-refractivity contribution is 0.0585. The molecular weight excluding hydrogens is 388 g/mol. The summed E-state index contributed by atoms with van der Waals surface area (Å²) in [6.07, 6.45) is 0. The van der Waals surface area contributed by atoms with Crippen molar-refractivity contribution in [1.29, 1.82) is 0 Å². The Labute approximate surface area is 172 Å². The van der Waals surface area contributed by atoms with Crippen LogP contribution in [0.25, 0.3) is 0 Å². The van der Waals surface area contributed by atoms with Crippen LogP contribution in [-0.4, -0.2) is 32.1 Å². The number of benzene rings is 3. The number of carbonyl (C=O) groups excluding carboxylic acids is 3.